The highest BCUT2D eigenvalue weighted by Gasteiger charge is 2.18. The molecular formula is C21H20N4O2S. The Hall–Kier alpha value is -3.06. The van der Waals surface area contributed by atoms with E-state index in [1.54, 1.807) is 12.6 Å². The van der Waals surface area contributed by atoms with Gasteiger partial charge in [-0.15, -0.1) is 0 Å². The number of rotatable bonds is 6. The maximum absolute atomic E-state index is 12.3. The van der Waals surface area contributed by atoms with Gasteiger partial charge in [-0.2, -0.15) is 0 Å². The number of amides is 1. The van der Waals surface area contributed by atoms with Gasteiger partial charge in [0.2, 0.25) is 5.91 Å². The number of carbonyl (C=O) groups is 1. The van der Waals surface area contributed by atoms with Crippen LogP contribution in [0, 0.1) is 13.8 Å². The minimum atomic E-state index is -0.0626. The molecule has 0 bridgehead atoms. The van der Waals surface area contributed by atoms with Gasteiger partial charge in [0.25, 0.3) is 0 Å². The molecular weight excluding hydrogens is 372 g/mol. The first-order chi connectivity index (χ1) is 13.6. The van der Waals surface area contributed by atoms with E-state index in [1.807, 2.05) is 42.5 Å². The summed E-state index contributed by atoms with van der Waals surface area (Å²) in [7, 11) is 0. The number of furan rings is 1. The number of nitrogens with zero attached hydrogens (tertiary/aromatic N) is 3. The third kappa shape index (κ3) is 3.66. The Bertz CT molecular complexity index is 1100. The van der Waals surface area contributed by atoms with Crippen molar-refractivity contribution < 1.29 is 9.21 Å². The van der Waals surface area contributed by atoms with E-state index < -0.39 is 0 Å². The predicted octanol–water partition coefficient (Wildman–Crippen LogP) is 4.42. The molecule has 0 aliphatic carbocycles. The van der Waals surface area contributed by atoms with E-state index in [-0.39, 0.29) is 11.7 Å². The molecule has 3 aromatic heterocycles. The van der Waals surface area contributed by atoms with Crippen molar-refractivity contribution in [2.75, 3.05) is 11.1 Å². The van der Waals surface area contributed by atoms with Crippen molar-refractivity contribution in [3.05, 3.63) is 72.1 Å². The van der Waals surface area contributed by atoms with Gasteiger partial charge in [-0.3, -0.25) is 4.79 Å². The highest BCUT2D eigenvalue weighted by atomic mass is 32.2. The van der Waals surface area contributed by atoms with E-state index in [2.05, 4.69) is 33.7 Å². The lowest BCUT2D eigenvalue weighted by Gasteiger charge is -2.07. The SMILES string of the molecule is Cc1c(C)n(Cc2ccco2)c2ncnc(SCC(=O)Nc3ccccc3)c12. The quantitative estimate of drug-likeness (QED) is 0.388. The standard InChI is InChI=1S/C21H20N4O2S/c1-14-15(2)25(11-17-9-6-10-27-17)20-19(14)21(23-13-22-20)28-12-18(26)24-16-7-4-3-5-8-16/h3-10,13H,11-12H2,1-2H3,(H,24,26). The number of nitrogens with one attached hydrogen (secondary N) is 1. The summed E-state index contributed by atoms with van der Waals surface area (Å²) in [6, 6.07) is 13.3. The van der Waals surface area contributed by atoms with Crippen molar-refractivity contribution in [2.24, 2.45) is 0 Å². The molecule has 0 unspecified atom stereocenters. The second-order valence-corrected chi connectivity index (χ2v) is 7.42. The number of benzene rings is 1. The van der Waals surface area contributed by atoms with Gasteiger partial charge in [-0.05, 0) is 43.7 Å². The van der Waals surface area contributed by atoms with Crippen molar-refractivity contribution in [2.45, 2.75) is 25.4 Å². The number of para-hydroxylation sites is 1. The molecule has 0 fully saturated rings. The number of hydrogen-bond donors (Lipinski definition) is 1. The molecule has 4 aromatic rings. The molecule has 1 amide bonds. The minimum Gasteiger partial charge on any atom is -0.467 e. The molecule has 3 heterocycles. The van der Waals surface area contributed by atoms with Crippen molar-refractivity contribution >= 4 is 34.4 Å². The molecule has 0 saturated carbocycles. The van der Waals surface area contributed by atoms with Crippen LogP contribution in [0.25, 0.3) is 11.0 Å². The van der Waals surface area contributed by atoms with E-state index >= 15 is 0 Å². The summed E-state index contributed by atoms with van der Waals surface area (Å²) in [5.41, 5.74) is 3.88. The summed E-state index contributed by atoms with van der Waals surface area (Å²) >= 11 is 1.42. The smallest absolute Gasteiger partial charge is 0.234 e. The van der Waals surface area contributed by atoms with E-state index in [4.69, 9.17) is 4.42 Å². The molecule has 0 radical (unpaired) electrons. The highest BCUT2D eigenvalue weighted by Crippen LogP contribution is 2.31. The van der Waals surface area contributed by atoms with Crippen LogP contribution in [0.5, 0.6) is 0 Å². The van der Waals surface area contributed by atoms with Gasteiger partial charge in [-0.1, -0.05) is 30.0 Å². The van der Waals surface area contributed by atoms with Crippen LogP contribution in [0.4, 0.5) is 5.69 Å². The Balaban J connectivity index is 1.57. The van der Waals surface area contributed by atoms with Gasteiger partial charge < -0.3 is 14.3 Å². The summed E-state index contributed by atoms with van der Waals surface area (Å²) in [6.45, 7) is 4.74. The van der Waals surface area contributed by atoms with Crippen molar-refractivity contribution in [3.63, 3.8) is 0 Å². The van der Waals surface area contributed by atoms with Crippen LogP contribution in [-0.4, -0.2) is 26.2 Å². The number of aryl methyl sites for hydroxylation is 1. The van der Waals surface area contributed by atoms with Crippen LogP contribution in [0.1, 0.15) is 17.0 Å². The van der Waals surface area contributed by atoms with Crippen LogP contribution < -0.4 is 5.32 Å². The molecule has 0 saturated heterocycles. The lowest BCUT2D eigenvalue weighted by molar-refractivity contribution is -0.113. The second kappa shape index (κ2) is 7.90. The summed E-state index contributed by atoms with van der Waals surface area (Å²) in [6.07, 6.45) is 3.22. The Morgan fingerprint density at radius 3 is 2.71 bits per heavy atom. The first-order valence-electron chi connectivity index (χ1n) is 8.94. The van der Waals surface area contributed by atoms with Crippen molar-refractivity contribution in [1.29, 1.82) is 0 Å². The summed E-state index contributed by atoms with van der Waals surface area (Å²) in [4.78, 5) is 21.2. The maximum Gasteiger partial charge on any atom is 0.234 e. The molecule has 4 rings (SSSR count). The van der Waals surface area contributed by atoms with E-state index in [1.165, 1.54) is 11.8 Å². The van der Waals surface area contributed by atoms with Gasteiger partial charge in [0.15, 0.2) is 0 Å². The zero-order chi connectivity index (χ0) is 19.5. The van der Waals surface area contributed by atoms with Gasteiger partial charge in [0.1, 0.15) is 22.8 Å². The van der Waals surface area contributed by atoms with Crippen LogP contribution in [-0.2, 0) is 11.3 Å². The van der Waals surface area contributed by atoms with Gasteiger partial charge >= 0.3 is 0 Å². The fraction of sp³-hybridized carbons (Fsp3) is 0.190. The monoisotopic (exact) mass is 392 g/mol. The van der Waals surface area contributed by atoms with Crippen LogP contribution in [0.2, 0.25) is 0 Å². The summed E-state index contributed by atoms with van der Waals surface area (Å²) in [5.74, 6) is 1.09. The molecule has 1 N–H and O–H groups in total. The third-order valence-electron chi connectivity index (χ3n) is 4.66. The van der Waals surface area contributed by atoms with Gasteiger partial charge in [-0.25, -0.2) is 9.97 Å². The normalized spacial score (nSPS) is 11.1. The van der Waals surface area contributed by atoms with Gasteiger partial charge in [0.05, 0.1) is 23.9 Å². The van der Waals surface area contributed by atoms with Gasteiger partial charge in [0, 0.05) is 11.4 Å². The van der Waals surface area contributed by atoms with Crippen LogP contribution in [0.3, 0.4) is 0 Å². The number of anilines is 1. The molecule has 6 nitrogen and oxygen atoms in total. The topological polar surface area (TPSA) is 73.0 Å². The number of fused-ring (bicyclic) bond motifs is 1. The average molecular weight is 392 g/mol. The lowest BCUT2D eigenvalue weighted by atomic mass is 10.2. The van der Waals surface area contributed by atoms with Crippen LogP contribution >= 0.6 is 11.8 Å². The number of aromatic nitrogens is 3. The van der Waals surface area contributed by atoms with E-state index in [0.717, 1.165) is 38.8 Å². The summed E-state index contributed by atoms with van der Waals surface area (Å²) < 4.78 is 7.62. The molecule has 142 valence electrons. The zero-order valence-electron chi connectivity index (χ0n) is 15.7. The average Bonchev–Trinajstić information content (AvgIpc) is 3.30. The molecule has 0 aliphatic heterocycles. The number of hydrogen-bond acceptors (Lipinski definition) is 5. The van der Waals surface area contributed by atoms with Crippen LogP contribution in [0.15, 0.2) is 64.5 Å². The summed E-state index contributed by atoms with van der Waals surface area (Å²) in [5, 5.41) is 4.70. The third-order valence-corrected chi connectivity index (χ3v) is 5.65. The lowest BCUT2D eigenvalue weighted by Crippen LogP contribution is -2.14. The zero-order valence-corrected chi connectivity index (χ0v) is 16.5. The number of thioether (sulfide) groups is 1. The van der Waals surface area contributed by atoms with E-state index in [0.29, 0.717) is 6.54 Å². The molecule has 7 heteroatoms. The Labute approximate surface area is 167 Å². The first kappa shape index (κ1) is 18.3. The second-order valence-electron chi connectivity index (χ2n) is 6.46. The number of carbonyl (C=O) groups excluding carboxylic acids is 1. The molecule has 0 spiro atoms. The Kier molecular flexibility index (Phi) is 5.16. The highest BCUT2D eigenvalue weighted by molar-refractivity contribution is 8.00. The Morgan fingerprint density at radius 2 is 1.96 bits per heavy atom. The molecule has 0 aliphatic rings. The van der Waals surface area contributed by atoms with E-state index in [9.17, 15) is 4.79 Å². The predicted molar refractivity (Wildman–Crippen MR) is 111 cm³/mol. The fourth-order valence-corrected chi connectivity index (χ4v) is 4.00. The largest absolute Gasteiger partial charge is 0.467 e. The fourth-order valence-electron chi connectivity index (χ4n) is 3.15. The minimum absolute atomic E-state index is 0.0626. The molecule has 1 aromatic carbocycles. The first-order valence-corrected chi connectivity index (χ1v) is 9.92. The van der Waals surface area contributed by atoms with Crippen molar-refractivity contribution in [3.8, 4) is 0 Å². The molecule has 28 heavy (non-hydrogen) atoms. The maximum atomic E-state index is 12.3. The molecule has 0 atom stereocenters. The Morgan fingerprint density at radius 1 is 1.14 bits per heavy atom. The van der Waals surface area contributed by atoms with Crippen molar-refractivity contribution in [1.82, 2.24) is 14.5 Å².